The van der Waals surface area contributed by atoms with Gasteiger partial charge in [-0.05, 0) is 37.5 Å². The van der Waals surface area contributed by atoms with Gasteiger partial charge in [0.1, 0.15) is 5.75 Å². The molecule has 4 nitrogen and oxygen atoms in total. The van der Waals surface area contributed by atoms with Gasteiger partial charge in [0.15, 0.2) is 0 Å². The Morgan fingerprint density at radius 1 is 1.05 bits per heavy atom. The van der Waals surface area contributed by atoms with E-state index in [0.29, 0.717) is 5.92 Å². The SMILES string of the molecule is CC(C)COc1ccc(C(C)NC(C)c2cn[nH]c2)cc1. The summed E-state index contributed by atoms with van der Waals surface area (Å²) >= 11 is 0. The van der Waals surface area contributed by atoms with Gasteiger partial charge in [-0.2, -0.15) is 5.10 Å². The van der Waals surface area contributed by atoms with Gasteiger partial charge >= 0.3 is 0 Å². The molecule has 0 aliphatic carbocycles. The molecule has 1 heterocycles. The Morgan fingerprint density at radius 2 is 1.71 bits per heavy atom. The van der Waals surface area contributed by atoms with Crippen LogP contribution in [0.5, 0.6) is 5.75 Å². The quantitative estimate of drug-likeness (QED) is 0.813. The number of benzene rings is 1. The van der Waals surface area contributed by atoms with E-state index in [1.54, 1.807) is 0 Å². The van der Waals surface area contributed by atoms with Crippen LogP contribution < -0.4 is 10.1 Å². The number of aromatic nitrogens is 2. The molecule has 1 aromatic carbocycles. The highest BCUT2D eigenvalue weighted by molar-refractivity contribution is 5.29. The van der Waals surface area contributed by atoms with Crippen LogP contribution in [0, 0.1) is 5.92 Å². The number of aromatic amines is 1. The summed E-state index contributed by atoms with van der Waals surface area (Å²) < 4.78 is 5.71. The first-order chi connectivity index (χ1) is 10.1. The highest BCUT2D eigenvalue weighted by Gasteiger charge is 2.12. The van der Waals surface area contributed by atoms with Crippen LogP contribution in [-0.2, 0) is 0 Å². The number of H-pyrrole nitrogens is 1. The Hall–Kier alpha value is -1.81. The van der Waals surface area contributed by atoms with Crippen LogP contribution in [0.25, 0.3) is 0 Å². The predicted molar refractivity (Wildman–Crippen MR) is 85.3 cm³/mol. The molecule has 2 atom stereocenters. The van der Waals surface area contributed by atoms with Crippen LogP contribution >= 0.6 is 0 Å². The summed E-state index contributed by atoms with van der Waals surface area (Å²) in [5.74, 6) is 1.48. The third-order valence-electron chi connectivity index (χ3n) is 3.48. The van der Waals surface area contributed by atoms with E-state index >= 15 is 0 Å². The standard InChI is InChI=1S/C17H25N3O/c1-12(2)11-21-17-7-5-15(6-8-17)13(3)20-14(4)16-9-18-19-10-16/h5-10,12-14,20H,11H2,1-4H3,(H,18,19). The average molecular weight is 287 g/mol. The molecular weight excluding hydrogens is 262 g/mol. The van der Waals surface area contributed by atoms with Crippen LogP contribution in [0.3, 0.4) is 0 Å². The molecule has 0 saturated heterocycles. The number of ether oxygens (including phenoxy) is 1. The van der Waals surface area contributed by atoms with Crippen molar-refractivity contribution in [1.82, 2.24) is 15.5 Å². The minimum Gasteiger partial charge on any atom is -0.493 e. The second kappa shape index (κ2) is 7.27. The molecule has 114 valence electrons. The Bertz CT molecular complexity index is 519. The van der Waals surface area contributed by atoms with Gasteiger partial charge in [-0.1, -0.05) is 26.0 Å². The summed E-state index contributed by atoms with van der Waals surface area (Å²) in [7, 11) is 0. The highest BCUT2D eigenvalue weighted by atomic mass is 16.5. The first-order valence-electron chi connectivity index (χ1n) is 7.53. The van der Waals surface area contributed by atoms with Gasteiger partial charge in [0.25, 0.3) is 0 Å². The van der Waals surface area contributed by atoms with Crippen molar-refractivity contribution in [3.8, 4) is 5.75 Å². The summed E-state index contributed by atoms with van der Waals surface area (Å²) in [4.78, 5) is 0. The molecular formula is C17H25N3O. The van der Waals surface area contributed by atoms with Crippen molar-refractivity contribution in [2.45, 2.75) is 39.8 Å². The first kappa shape index (κ1) is 15.6. The number of nitrogens with one attached hydrogen (secondary N) is 2. The second-order valence-electron chi connectivity index (χ2n) is 5.92. The maximum atomic E-state index is 5.71. The monoisotopic (exact) mass is 287 g/mol. The van der Waals surface area contributed by atoms with E-state index in [-0.39, 0.29) is 12.1 Å². The van der Waals surface area contributed by atoms with Gasteiger partial charge in [0.2, 0.25) is 0 Å². The van der Waals surface area contributed by atoms with E-state index in [4.69, 9.17) is 4.74 Å². The number of nitrogens with zero attached hydrogens (tertiary/aromatic N) is 1. The first-order valence-corrected chi connectivity index (χ1v) is 7.53. The topological polar surface area (TPSA) is 49.9 Å². The van der Waals surface area contributed by atoms with Crippen molar-refractivity contribution in [3.63, 3.8) is 0 Å². The highest BCUT2D eigenvalue weighted by Crippen LogP contribution is 2.21. The number of rotatable bonds is 7. The minimum atomic E-state index is 0.260. The van der Waals surface area contributed by atoms with Crippen LogP contribution in [-0.4, -0.2) is 16.8 Å². The van der Waals surface area contributed by atoms with Gasteiger partial charge in [-0.25, -0.2) is 0 Å². The van der Waals surface area contributed by atoms with Gasteiger partial charge in [0.05, 0.1) is 12.8 Å². The fourth-order valence-corrected chi connectivity index (χ4v) is 2.18. The molecule has 0 bridgehead atoms. The smallest absolute Gasteiger partial charge is 0.119 e. The van der Waals surface area contributed by atoms with E-state index in [2.05, 4.69) is 55.3 Å². The van der Waals surface area contributed by atoms with Crippen LogP contribution in [0.15, 0.2) is 36.7 Å². The van der Waals surface area contributed by atoms with E-state index < -0.39 is 0 Å². The minimum absolute atomic E-state index is 0.260. The third kappa shape index (κ3) is 4.60. The lowest BCUT2D eigenvalue weighted by Gasteiger charge is -2.20. The normalized spacial score (nSPS) is 14.1. The van der Waals surface area contributed by atoms with E-state index in [9.17, 15) is 0 Å². The molecule has 0 fully saturated rings. The van der Waals surface area contributed by atoms with E-state index in [0.717, 1.165) is 12.4 Å². The van der Waals surface area contributed by atoms with E-state index in [1.165, 1.54) is 11.1 Å². The summed E-state index contributed by atoms with van der Waals surface area (Å²) in [6, 6.07) is 8.85. The molecule has 0 radical (unpaired) electrons. The average Bonchev–Trinajstić information content (AvgIpc) is 3.00. The summed E-state index contributed by atoms with van der Waals surface area (Å²) in [5.41, 5.74) is 2.42. The molecule has 0 aliphatic rings. The van der Waals surface area contributed by atoms with E-state index in [1.807, 2.05) is 24.5 Å². The zero-order valence-electron chi connectivity index (χ0n) is 13.3. The van der Waals surface area contributed by atoms with Crippen molar-refractivity contribution >= 4 is 0 Å². The lowest BCUT2D eigenvalue weighted by atomic mass is 10.1. The number of hydrogen-bond donors (Lipinski definition) is 2. The van der Waals surface area contributed by atoms with Crippen LogP contribution in [0.1, 0.15) is 50.9 Å². The zero-order chi connectivity index (χ0) is 15.2. The molecule has 0 spiro atoms. The molecule has 4 heteroatoms. The largest absolute Gasteiger partial charge is 0.493 e. The molecule has 0 amide bonds. The second-order valence-corrected chi connectivity index (χ2v) is 5.92. The van der Waals surface area contributed by atoms with Crippen molar-refractivity contribution < 1.29 is 4.74 Å². The van der Waals surface area contributed by atoms with Crippen LogP contribution in [0.2, 0.25) is 0 Å². The summed E-state index contributed by atoms with van der Waals surface area (Å²) in [6.07, 6.45) is 3.78. The third-order valence-corrected chi connectivity index (χ3v) is 3.48. The Balaban J connectivity index is 1.91. The molecule has 0 saturated carbocycles. The molecule has 21 heavy (non-hydrogen) atoms. The Morgan fingerprint density at radius 3 is 2.29 bits per heavy atom. The molecule has 2 aromatic rings. The number of hydrogen-bond acceptors (Lipinski definition) is 3. The maximum absolute atomic E-state index is 5.71. The lowest BCUT2D eigenvalue weighted by Crippen LogP contribution is -2.22. The summed E-state index contributed by atoms with van der Waals surface area (Å²) in [6.45, 7) is 9.36. The zero-order valence-corrected chi connectivity index (χ0v) is 13.3. The summed E-state index contributed by atoms with van der Waals surface area (Å²) in [5, 5.41) is 10.4. The van der Waals surface area contributed by atoms with Crippen LogP contribution in [0.4, 0.5) is 0 Å². The molecule has 1 aromatic heterocycles. The molecule has 2 unspecified atom stereocenters. The van der Waals surface area contributed by atoms with Crippen molar-refractivity contribution in [2.75, 3.05) is 6.61 Å². The molecule has 2 N–H and O–H groups in total. The van der Waals surface area contributed by atoms with Gasteiger partial charge < -0.3 is 10.1 Å². The fraction of sp³-hybridized carbons (Fsp3) is 0.471. The van der Waals surface area contributed by atoms with Gasteiger partial charge in [-0.15, -0.1) is 0 Å². The maximum Gasteiger partial charge on any atom is 0.119 e. The molecule has 0 aliphatic heterocycles. The lowest BCUT2D eigenvalue weighted by molar-refractivity contribution is 0.271. The van der Waals surface area contributed by atoms with Crippen molar-refractivity contribution in [2.24, 2.45) is 5.92 Å². The predicted octanol–water partition coefficient (Wildman–Crippen LogP) is 3.86. The van der Waals surface area contributed by atoms with Gasteiger partial charge in [-0.3, -0.25) is 5.10 Å². The Labute approximate surface area is 126 Å². The van der Waals surface area contributed by atoms with Gasteiger partial charge in [0, 0.05) is 23.8 Å². The van der Waals surface area contributed by atoms with Crippen molar-refractivity contribution in [1.29, 1.82) is 0 Å². The Kier molecular flexibility index (Phi) is 5.39. The van der Waals surface area contributed by atoms with Crippen molar-refractivity contribution in [3.05, 3.63) is 47.8 Å². The molecule has 2 rings (SSSR count). The fourth-order valence-electron chi connectivity index (χ4n) is 2.18.